The van der Waals surface area contributed by atoms with Crippen LogP contribution in [0.4, 0.5) is 8.78 Å². The van der Waals surface area contributed by atoms with Gasteiger partial charge in [-0.25, -0.2) is 13.8 Å². The fourth-order valence-corrected chi connectivity index (χ4v) is 2.10. The maximum absolute atomic E-state index is 13.9. The van der Waals surface area contributed by atoms with Gasteiger partial charge in [-0.1, -0.05) is 0 Å². The van der Waals surface area contributed by atoms with Crippen molar-refractivity contribution in [2.75, 3.05) is 0 Å². The van der Waals surface area contributed by atoms with Crippen LogP contribution in [0.5, 0.6) is 0 Å². The van der Waals surface area contributed by atoms with E-state index >= 15 is 0 Å². The number of nitrogens with one attached hydrogen (secondary N) is 1. The average molecular weight is 280 g/mol. The molecule has 0 saturated heterocycles. The molecule has 1 aromatic carbocycles. The molecule has 0 amide bonds. The molecular weight excluding hydrogens is 262 g/mol. The molecule has 0 aliphatic heterocycles. The zero-order valence-corrected chi connectivity index (χ0v) is 12.0. The van der Waals surface area contributed by atoms with Gasteiger partial charge in [0.2, 0.25) is 5.89 Å². The van der Waals surface area contributed by atoms with Crippen molar-refractivity contribution in [2.45, 2.75) is 39.8 Å². The van der Waals surface area contributed by atoms with E-state index in [2.05, 4.69) is 10.3 Å². The second-order valence-corrected chi connectivity index (χ2v) is 5.04. The van der Waals surface area contributed by atoms with Crippen molar-refractivity contribution in [2.24, 2.45) is 0 Å². The highest BCUT2D eigenvalue weighted by molar-refractivity contribution is 5.27. The van der Waals surface area contributed by atoms with Crippen LogP contribution in [0.3, 0.4) is 0 Å². The Kier molecular flexibility index (Phi) is 4.18. The lowest BCUT2D eigenvalue weighted by atomic mass is 10.0. The first-order valence-corrected chi connectivity index (χ1v) is 6.52. The van der Waals surface area contributed by atoms with Gasteiger partial charge in [0.1, 0.15) is 17.4 Å². The van der Waals surface area contributed by atoms with E-state index < -0.39 is 11.6 Å². The van der Waals surface area contributed by atoms with E-state index in [4.69, 9.17) is 4.42 Å². The fourth-order valence-electron chi connectivity index (χ4n) is 2.10. The molecule has 0 saturated carbocycles. The Morgan fingerprint density at radius 1 is 1.10 bits per heavy atom. The molecule has 108 valence electrons. The fraction of sp³-hybridized carbons (Fsp3) is 0.400. The van der Waals surface area contributed by atoms with Crippen molar-refractivity contribution in [3.8, 4) is 0 Å². The van der Waals surface area contributed by atoms with Gasteiger partial charge in [-0.15, -0.1) is 0 Å². The first-order valence-electron chi connectivity index (χ1n) is 6.52. The molecular formula is C15H18F2N2O. The number of hydrogen-bond acceptors (Lipinski definition) is 3. The number of oxazole rings is 1. The molecule has 2 rings (SSSR count). The van der Waals surface area contributed by atoms with Crippen LogP contribution in [0.15, 0.2) is 22.7 Å². The van der Waals surface area contributed by atoms with Crippen molar-refractivity contribution < 1.29 is 13.2 Å². The van der Waals surface area contributed by atoms with Crippen LogP contribution in [-0.2, 0) is 0 Å². The second-order valence-electron chi connectivity index (χ2n) is 5.04. The summed E-state index contributed by atoms with van der Waals surface area (Å²) in [7, 11) is 0. The number of benzene rings is 1. The van der Waals surface area contributed by atoms with Gasteiger partial charge in [0.25, 0.3) is 0 Å². The lowest BCUT2D eigenvalue weighted by Gasteiger charge is -2.19. The maximum Gasteiger partial charge on any atom is 0.211 e. The van der Waals surface area contributed by atoms with Crippen molar-refractivity contribution in [1.29, 1.82) is 0 Å². The highest BCUT2D eigenvalue weighted by Gasteiger charge is 2.18. The molecule has 1 N–H and O–H groups in total. The second kappa shape index (κ2) is 5.71. The quantitative estimate of drug-likeness (QED) is 0.920. The summed E-state index contributed by atoms with van der Waals surface area (Å²) in [6.07, 6.45) is 1.63. The van der Waals surface area contributed by atoms with Crippen molar-refractivity contribution in [1.82, 2.24) is 10.3 Å². The summed E-state index contributed by atoms with van der Waals surface area (Å²) >= 11 is 0. The van der Waals surface area contributed by atoms with E-state index in [1.165, 1.54) is 12.1 Å². The molecule has 1 aromatic heterocycles. The lowest BCUT2D eigenvalue weighted by Crippen LogP contribution is -2.23. The van der Waals surface area contributed by atoms with Crippen molar-refractivity contribution in [3.63, 3.8) is 0 Å². The van der Waals surface area contributed by atoms with Gasteiger partial charge < -0.3 is 4.42 Å². The summed E-state index contributed by atoms with van der Waals surface area (Å²) in [5.41, 5.74) is 0.595. The van der Waals surface area contributed by atoms with Crippen LogP contribution in [-0.4, -0.2) is 4.98 Å². The minimum absolute atomic E-state index is 0.192. The highest BCUT2D eigenvalue weighted by Crippen LogP contribution is 2.23. The Morgan fingerprint density at radius 2 is 1.80 bits per heavy atom. The van der Waals surface area contributed by atoms with Gasteiger partial charge in [0, 0.05) is 11.6 Å². The standard InChI is InChI=1S/C15H18F2N2O/c1-8-5-14(17)12(6-13(8)16)10(3)19-11(4)15-18-7-9(2)20-15/h5-7,10-11,19H,1-4H3. The highest BCUT2D eigenvalue weighted by atomic mass is 19.1. The van der Waals surface area contributed by atoms with Gasteiger partial charge in [0.05, 0.1) is 12.2 Å². The molecule has 2 unspecified atom stereocenters. The Hall–Kier alpha value is -1.75. The normalized spacial score (nSPS) is 14.3. The number of nitrogens with zero attached hydrogens (tertiary/aromatic N) is 1. The number of aromatic nitrogens is 1. The van der Waals surface area contributed by atoms with Gasteiger partial charge >= 0.3 is 0 Å². The molecule has 0 fully saturated rings. The number of rotatable bonds is 4. The van der Waals surface area contributed by atoms with Crippen LogP contribution in [0.25, 0.3) is 0 Å². The predicted octanol–water partition coefficient (Wildman–Crippen LogP) is 3.98. The Morgan fingerprint density at radius 3 is 2.40 bits per heavy atom. The number of halogens is 2. The third-order valence-electron chi connectivity index (χ3n) is 3.25. The van der Waals surface area contributed by atoms with Gasteiger partial charge in [-0.3, -0.25) is 5.32 Å². The average Bonchev–Trinajstić information content (AvgIpc) is 2.80. The topological polar surface area (TPSA) is 38.1 Å². The third-order valence-corrected chi connectivity index (χ3v) is 3.25. The number of hydrogen-bond donors (Lipinski definition) is 1. The number of aryl methyl sites for hydroxylation is 2. The molecule has 0 spiro atoms. The first kappa shape index (κ1) is 14.7. The van der Waals surface area contributed by atoms with Gasteiger partial charge in [-0.2, -0.15) is 0 Å². The van der Waals surface area contributed by atoms with E-state index in [-0.39, 0.29) is 12.1 Å². The largest absolute Gasteiger partial charge is 0.444 e. The zero-order chi connectivity index (χ0) is 14.9. The molecule has 20 heavy (non-hydrogen) atoms. The summed E-state index contributed by atoms with van der Waals surface area (Å²) in [6.45, 7) is 6.99. The molecule has 0 radical (unpaired) electrons. The molecule has 2 atom stereocenters. The predicted molar refractivity (Wildman–Crippen MR) is 72.3 cm³/mol. The van der Waals surface area contributed by atoms with E-state index in [0.29, 0.717) is 22.8 Å². The molecule has 5 heteroatoms. The minimum atomic E-state index is -0.417. The molecule has 0 aliphatic rings. The molecule has 3 nitrogen and oxygen atoms in total. The van der Waals surface area contributed by atoms with Crippen LogP contribution in [0.1, 0.15) is 48.7 Å². The van der Waals surface area contributed by atoms with Crippen LogP contribution < -0.4 is 5.32 Å². The Bertz CT molecular complexity index is 610. The third kappa shape index (κ3) is 3.04. The van der Waals surface area contributed by atoms with Crippen molar-refractivity contribution in [3.05, 3.63) is 52.7 Å². The lowest BCUT2D eigenvalue weighted by molar-refractivity contribution is 0.375. The monoisotopic (exact) mass is 280 g/mol. The molecule has 0 aliphatic carbocycles. The zero-order valence-electron chi connectivity index (χ0n) is 12.0. The van der Waals surface area contributed by atoms with E-state index in [0.717, 1.165) is 0 Å². The SMILES string of the molecule is Cc1cnc(C(C)NC(C)c2cc(F)c(C)cc2F)o1. The van der Waals surface area contributed by atoms with Gasteiger partial charge in [-0.05, 0) is 45.4 Å². The first-order chi connectivity index (χ1) is 9.38. The Balaban J connectivity index is 2.16. The summed E-state index contributed by atoms with van der Waals surface area (Å²) in [5, 5.41) is 3.15. The van der Waals surface area contributed by atoms with E-state index in [9.17, 15) is 8.78 Å². The summed E-state index contributed by atoms with van der Waals surface area (Å²) in [4.78, 5) is 4.12. The van der Waals surface area contributed by atoms with Crippen LogP contribution >= 0.6 is 0 Å². The summed E-state index contributed by atoms with van der Waals surface area (Å²) in [6, 6.07) is 1.90. The maximum atomic E-state index is 13.9. The minimum Gasteiger partial charge on any atom is -0.444 e. The summed E-state index contributed by atoms with van der Waals surface area (Å²) < 4.78 is 32.9. The molecule has 1 heterocycles. The van der Waals surface area contributed by atoms with Crippen molar-refractivity contribution >= 4 is 0 Å². The van der Waals surface area contributed by atoms with Gasteiger partial charge in [0.15, 0.2) is 0 Å². The smallest absolute Gasteiger partial charge is 0.211 e. The summed E-state index contributed by atoms with van der Waals surface area (Å²) in [5.74, 6) is 0.422. The molecule has 2 aromatic rings. The van der Waals surface area contributed by atoms with E-state index in [1.54, 1.807) is 20.0 Å². The molecule has 0 bridgehead atoms. The Labute approximate surface area is 117 Å². The van der Waals surface area contributed by atoms with Crippen LogP contribution in [0, 0.1) is 25.5 Å². The van der Waals surface area contributed by atoms with Crippen LogP contribution in [0.2, 0.25) is 0 Å². The van der Waals surface area contributed by atoms with E-state index in [1.807, 2.05) is 13.8 Å².